The summed E-state index contributed by atoms with van der Waals surface area (Å²) in [5.74, 6) is -0.600. The second kappa shape index (κ2) is 9.95. The number of nitrogens with two attached hydrogens (primary N) is 2. The van der Waals surface area contributed by atoms with E-state index in [9.17, 15) is 14.4 Å². The third-order valence-corrected chi connectivity index (χ3v) is 6.07. The van der Waals surface area contributed by atoms with Gasteiger partial charge in [-0.3, -0.25) is 0 Å². The van der Waals surface area contributed by atoms with Crippen LogP contribution in [0.2, 0.25) is 0 Å². The van der Waals surface area contributed by atoms with Crippen LogP contribution in [0.5, 0.6) is 0 Å². The Morgan fingerprint density at radius 3 is 2.61 bits per heavy atom. The monoisotopic (exact) mass is 441 g/mol. The van der Waals surface area contributed by atoms with E-state index >= 15 is 0 Å². The Hall–Kier alpha value is -3.58. The molecule has 0 bridgehead atoms. The minimum absolute atomic E-state index is 0.213. The van der Waals surface area contributed by atoms with E-state index in [0.717, 1.165) is 28.8 Å². The van der Waals surface area contributed by atoms with Gasteiger partial charge in [0.05, 0.1) is 24.7 Å². The van der Waals surface area contributed by atoms with E-state index < -0.39 is 24.1 Å². The predicted molar refractivity (Wildman–Crippen MR) is 116 cm³/mol. The molecule has 2 heterocycles. The third kappa shape index (κ3) is 5.73. The number of rotatable bonds is 5. The third-order valence-electron chi connectivity index (χ3n) is 4.91. The number of carbonyl (C=O) groups excluding carboxylic acids is 3. The average molecular weight is 442 g/mol. The number of hydrogen-bond donors (Lipinski definition) is 3. The molecule has 4 amide bonds. The predicted octanol–water partition coefficient (Wildman–Crippen LogP) is 3.06. The Kier molecular flexibility index (Phi) is 7.10. The van der Waals surface area contributed by atoms with Gasteiger partial charge in [-0.1, -0.05) is 24.3 Å². The Morgan fingerprint density at radius 2 is 1.97 bits per heavy atom. The minimum Gasteiger partial charge on any atom is -0.456 e. The van der Waals surface area contributed by atoms with Crippen molar-refractivity contribution in [2.75, 3.05) is 18.4 Å². The SMILES string of the molecule is N#CCc1ccc(-c2cc(NC(N)=O)c(C(=O)OC3CCCCN(C(N)=O)C3)s2)cc1. The van der Waals surface area contributed by atoms with Crippen LogP contribution in [0.1, 0.15) is 34.5 Å². The number of nitrogens with zero attached hydrogens (tertiary/aromatic N) is 2. The van der Waals surface area contributed by atoms with Crippen molar-refractivity contribution in [3.63, 3.8) is 0 Å². The molecule has 1 atom stereocenters. The largest absolute Gasteiger partial charge is 0.456 e. The molecule has 1 unspecified atom stereocenters. The number of benzene rings is 1. The molecule has 1 aliphatic rings. The number of esters is 1. The smallest absolute Gasteiger partial charge is 0.350 e. The van der Waals surface area contributed by atoms with Crippen molar-refractivity contribution in [2.24, 2.45) is 11.5 Å². The van der Waals surface area contributed by atoms with Gasteiger partial charge in [0.1, 0.15) is 11.0 Å². The first kappa shape index (κ1) is 22.1. The van der Waals surface area contributed by atoms with E-state index in [1.165, 1.54) is 16.2 Å². The lowest BCUT2D eigenvalue weighted by Crippen LogP contribution is -2.41. The van der Waals surface area contributed by atoms with Gasteiger partial charge in [-0.15, -0.1) is 11.3 Å². The zero-order valence-corrected chi connectivity index (χ0v) is 17.6. The number of urea groups is 2. The summed E-state index contributed by atoms with van der Waals surface area (Å²) in [6.07, 6.45) is 2.03. The van der Waals surface area contributed by atoms with E-state index in [-0.39, 0.29) is 17.1 Å². The van der Waals surface area contributed by atoms with Crippen molar-refractivity contribution in [2.45, 2.75) is 31.8 Å². The summed E-state index contributed by atoms with van der Waals surface area (Å²) in [6, 6.07) is 9.78. The molecule has 0 saturated carbocycles. The van der Waals surface area contributed by atoms with Crippen molar-refractivity contribution in [1.82, 2.24) is 4.90 Å². The van der Waals surface area contributed by atoms with Gasteiger partial charge in [0.25, 0.3) is 0 Å². The number of hydrogen-bond acceptors (Lipinski definition) is 6. The number of nitriles is 1. The summed E-state index contributed by atoms with van der Waals surface area (Å²) in [7, 11) is 0. The van der Waals surface area contributed by atoms with E-state index in [1.54, 1.807) is 6.07 Å². The van der Waals surface area contributed by atoms with Crippen LogP contribution >= 0.6 is 11.3 Å². The number of likely N-dealkylation sites (tertiary alicyclic amines) is 1. The number of primary amides is 2. The minimum atomic E-state index is -0.794. The first-order valence-corrected chi connectivity index (χ1v) is 10.6. The van der Waals surface area contributed by atoms with Gasteiger partial charge in [-0.2, -0.15) is 5.26 Å². The van der Waals surface area contributed by atoms with Gasteiger partial charge in [-0.05, 0) is 36.5 Å². The molecule has 0 radical (unpaired) electrons. The van der Waals surface area contributed by atoms with Gasteiger partial charge in [0.2, 0.25) is 0 Å². The van der Waals surface area contributed by atoms with Crippen LogP contribution in [0.15, 0.2) is 30.3 Å². The summed E-state index contributed by atoms with van der Waals surface area (Å²) >= 11 is 1.17. The van der Waals surface area contributed by atoms with Crippen molar-refractivity contribution < 1.29 is 19.1 Å². The van der Waals surface area contributed by atoms with E-state index in [1.807, 2.05) is 24.3 Å². The van der Waals surface area contributed by atoms with Crippen molar-refractivity contribution in [3.05, 3.63) is 40.8 Å². The normalized spacial score (nSPS) is 16.1. The van der Waals surface area contributed by atoms with Crippen LogP contribution in [0.3, 0.4) is 0 Å². The van der Waals surface area contributed by atoms with Crippen molar-refractivity contribution >= 4 is 35.1 Å². The fraction of sp³-hybridized carbons (Fsp3) is 0.333. The fourth-order valence-corrected chi connectivity index (χ4v) is 4.39. The summed E-state index contributed by atoms with van der Waals surface area (Å²) in [5.41, 5.74) is 12.6. The van der Waals surface area contributed by atoms with Crippen molar-refractivity contribution in [1.29, 1.82) is 5.26 Å². The van der Waals surface area contributed by atoms with Crippen LogP contribution < -0.4 is 16.8 Å². The highest BCUT2D eigenvalue weighted by Gasteiger charge is 2.26. The van der Waals surface area contributed by atoms with Gasteiger partial charge in [0.15, 0.2) is 0 Å². The standard InChI is InChI=1S/C21H23N5O4S/c22-9-8-13-4-6-14(7-5-13)17-11-16(25-20(23)28)18(31-17)19(27)30-15-3-1-2-10-26(12-15)21(24)29/h4-7,11,15H,1-3,8,10,12H2,(H2,24,29)(H3,23,25,28). The maximum Gasteiger partial charge on any atom is 0.350 e. The van der Waals surface area contributed by atoms with Crippen LogP contribution in [-0.2, 0) is 11.2 Å². The lowest BCUT2D eigenvalue weighted by Gasteiger charge is -2.22. The highest BCUT2D eigenvalue weighted by atomic mass is 32.1. The first-order valence-electron chi connectivity index (χ1n) is 9.79. The Morgan fingerprint density at radius 1 is 1.23 bits per heavy atom. The number of carbonyl (C=O) groups is 3. The second-order valence-corrected chi connectivity index (χ2v) is 8.23. The molecule has 0 spiro atoms. The molecule has 5 N–H and O–H groups in total. The molecule has 3 rings (SSSR count). The molecule has 10 heteroatoms. The number of anilines is 1. The van der Waals surface area contributed by atoms with Crippen LogP contribution in [0.25, 0.3) is 10.4 Å². The first-order chi connectivity index (χ1) is 14.9. The second-order valence-electron chi connectivity index (χ2n) is 7.18. The fourth-order valence-electron chi connectivity index (χ4n) is 3.39. The van der Waals surface area contributed by atoms with E-state index in [2.05, 4.69) is 11.4 Å². The van der Waals surface area contributed by atoms with Gasteiger partial charge < -0.3 is 26.4 Å². The number of ether oxygens (including phenoxy) is 1. The zero-order chi connectivity index (χ0) is 22.4. The summed E-state index contributed by atoms with van der Waals surface area (Å²) in [6.45, 7) is 0.765. The quantitative estimate of drug-likeness (QED) is 0.609. The zero-order valence-electron chi connectivity index (χ0n) is 16.8. The number of amides is 4. The van der Waals surface area contributed by atoms with Crippen LogP contribution in [-0.4, -0.2) is 42.1 Å². The summed E-state index contributed by atoms with van der Waals surface area (Å²) in [4.78, 5) is 38.3. The maximum atomic E-state index is 12.9. The van der Waals surface area contributed by atoms with Crippen molar-refractivity contribution in [3.8, 4) is 16.5 Å². The molecule has 2 aromatic rings. The maximum absolute atomic E-state index is 12.9. The lowest BCUT2D eigenvalue weighted by molar-refractivity contribution is 0.0247. The van der Waals surface area contributed by atoms with E-state index in [4.69, 9.17) is 21.5 Å². The molecular formula is C21H23N5O4S. The molecule has 1 aliphatic heterocycles. The molecule has 9 nitrogen and oxygen atoms in total. The van der Waals surface area contributed by atoms with Gasteiger partial charge in [-0.25, -0.2) is 14.4 Å². The van der Waals surface area contributed by atoms with Gasteiger partial charge >= 0.3 is 18.0 Å². The Balaban J connectivity index is 1.83. The molecular weight excluding hydrogens is 418 g/mol. The molecule has 1 aromatic heterocycles. The summed E-state index contributed by atoms with van der Waals surface area (Å²) in [5, 5.41) is 11.3. The summed E-state index contributed by atoms with van der Waals surface area (Å²) < 4.78 is 5.65. The molecule has 1 aromatic carbocycles. The average Bonchev–Trinajstić information content (AvgIpc) is 2.98. The van der Waals surface area contributed by atoms with E-state index in [0.29, 0.717) is 19.4 Å². The highest BCUT2D eigenvalue weighted by Crippen LogP contribution is 2.36. The van der Waals surface area contributed by atoms with Crippen LogP contribution in [0, 0.1) is 11.3 Å². The number of thiophene rings is 1. The molecule has 1 fully saturated rings. The molecule has 31 heavy (non-hydrogen) atoms. The van der Waals surface area contributed by atoms with Gasteiger partial charge in [0, 0.05) is 11.4 Å². The molecule has 1 saturated heterocycles. The highest BCUT2D eigenvalue weighted by molar-refractivity contribution is 7.18. The molecule has 162 valence electrons. The number of nitrogens with one attached hydrogen (secondary N) is 1. The van der Waals surface area contributed by atoms with Crippen LogP contribution in [0.4, 0.5) is 15.3 Å². The Bertz CT molecular complexity index is 1010. The molecule has 0 aliphatic carbocycles. The Labute approximate surface area is 183 Å². The topological polar surface area (TPSA) is 152 Å². The lowest BCUT2D eigenvalue weighted by atomic mass is 10.1.